The Balaban J connectivity index is 1.38. The predicted octanol–water partition coefficient (Wildman–Crippen LogP) is 9.28. The van der Waals surface area contributed by atoms with E-state index in [0.717, 1.165) is 36.8 Å². The average molecular weight is 505 g/mol. The minimum Gasteiger partial charge on any atom is -0.491 e. The molecule has 192 valence electrons. The number of rotatable bonds is 11. The second kappa shape index (κ2) is 12.5. The summed E-state index contributed by atoms with van der Waals surface area (Å²) in [5, 5.41) is 0. The van der Waals surface area contributed by atoms with Crippen LogP contribution in [0.1, 0.15) is 43.7 Å². The van der Waals surface area contributed by atoms with Crippen LogP contribution in [0.4, 0.5) is 13.2 Å². The Labute approximate surface area is 216 Å². The average Bonchev–Trinajstić information content (AvgIpc) is 2.91. The third-order valence-corrected chi connectivity index (χ3v) is 6.27. The van der Waals surface area contributed by atoms with E-state index in [4.69, 9.17) is 9.47 Å². The van der Waals surface area contributed by atoms with Gasteiger partial charge in [0.25, 0.3) is 0 Å². The molecule has 2 nitrogen and oxygen atoms in total. The molecule has 0 unspecified atom stereocenters. The lowest BCUT2D eigenvalue weighted by Crippen LogP contribution is -2.00. The molecule has 4 aromatic rings. The van der Waals surface area contributed by atoms with Crippen molar-refractivity contribution >= 4 is 0 Å². The standard InChI is InChI=1S/C32H31F3O2/c1-3-4-5-6-19-36-30-18-15-26(20-29(30)33)37-21-23-9-13-25(14-10-23)28-17-16-27(31(34)32(28)35)24-11-7-22(2)8-12-24/h7-18,20H,3-6,19,21H2,1-2H3. The topological polar surface area (TPSA) is 18.5 Å². The summed E-state index contributed by atoms with van der Waals surface area (Å²) in [5.41, 5.74) is 3.47. The summed E-state index contributed by atoms with van der Waals surface area (Å²) in [7, 11) is 0. The second-order valence-corrected chi connectivity index (χ2v) is 9.14. The molecule has 0 atom stereocenters. The molecule has 0 heterocycles. The minimum atomic E-state index is -0.884. The van der Waals surface area contributed by atoms with Gasteiger partial charge in [-0.3, -0.25) is 0 Å². The summed E-state index contributed by atoms with van der Waals surface area (Å²) in [6, 6.07) is 22.1. The van der Waals surface area contributed by atoms with E-state index in [1.807, 2.05) is 19.1 Å². The number of ether oxygens (including phenoxy) is 2. The van der Waals surface area contributed by atoms with E-state index in [1.165, 1.54) is 6.07 Å². The lowest BCUT2D eigenvalue weighted by molar-refractivity contribution is 0.283. The molecule has 0 radical (unpaired) electrons. The van der Waals surface area contributed by atoms with Gasteiger partial charge in [-0.2, -0.15) is 0 Å². The van der Waals surface area contributed by atoms with E-state index in [1.54, 1.807) is 60.7 Å². The van der Waals surface area contributed by atoms with Crippen LogP contribution in [-0.2, 0) is 6.61 Å². The van der Waals surface area contributed by atoms with Crippen LogP contribution in [0.3, 0.4) is 0 Å². The zero-order valence-electron chi connectivity index (χ0n) is 21.2. The Morgan fingerprint density at radius 3 is 1.86 bits per heavy atom. The largest absolute Gasteiger partial charge is 0.491 e. The number of hydrogen-bond donors (Lipinski definition) is 0. The van der Waals surface area contributed by atoms with Crippen LogP contribution in [0.2, 0.25) is 0 Å². The van der Waals surface area contributed by atoms with Gasteiger partial charge in [-0.15, -0.1) is 0 Å². The second-order valence-electron chi connectivity index (χ2n) is 9.14. The highest BCUT2D eigenvalue weighted by molar-refractivity contribution is 5.72. The molecular weight excluding hydrogens is 473 g/mol. The molecule has 5 heteroatoms. The Bertz CT molecular complexity index is 1320. The van der Waals surface area contributed by atoms with Crippen molar-refractivity contribution in [1.82, 2.24) is 0 Å². The van der Waals surface area contributed by atoms with Gasteiger partial charge in [0.05, 0.1) is 6.61 Å². The van der Waals surface area contributed by atoms with Crippen LogP contribution < -0.4 is 9.47 Å². The Morgan fingerprint density at radius 1 is 0.649 bits per heavy atom. The van der Waals surface area contributed by atoms with E-state index >= 15 is 0 Å². The van der Waals surface area contributed by atoms with E-state index in [0.29, 0.717) is 23.5 Å². The maximum absolute atomic E-state index is 14.9. The molecule has 0 saturated carbocycles. The summed E-state index contributed by atoms with van der Waals surface area (Å²) in [4.78, 5) is 0. The van der Waals surface area contributed by atoms with Gasteiger partial charge in [-0.25, -0.2) is 13.2 Å². The smallest absolute Gasteiger partial charge is 0.168 e. The van der Waals surface area contributed by atoms with Crippen molar-refractivity contribution in [3.05, 3.63) is 107 Å². The van der Waals surface area contributed by atoms with Gasteiger partial charge >= 0.3 is 0 Å². The summed E-state index contributed by atoms with van der Waals surface area (Å²) in [6.07, 6.45) is 4.25. The van der Waals surface area contributed by atoms with Crippen molar-refractivity contribution in [2.75, 3.05) is 6.61 Å². The van der Waals surface area contributed by atoms with Gasteiger partial charge in [0.1, 0.15) is 12.4 Å². The molecule has 0 bridgehead atoms. The van der Waals surface area contributed by atoms with E-state index in [-0.39, 0.29) is 23.5 Å². The van der Waals surface area contributed by atoms with E-state index in [2.05, 4.69) is 6.92 Å². The molecule has 0 aliphatic heterocycles. The number of benzene rings is 4. The molecule has 0 N–H and O–H groups in total. The molecule has 0 aliphatic rings. The third-order valence-electron chi connectivity index (χ3n) is 6.27. The molecule has 4 aromatic carbocycles. The van der Waals surface area contributed by atoms with E-state index in [9.17, 15) is 13.2 Å². The van der Waals surface area contributed by atoms with Crippen LogP contribution in [0.15, 0.2) is 78.9 Å². The molecule has 0 amide bonds. The molecular formula is C32H31F3O2. The van der Waals surface area contributed by atoms with Crippen molar-refractivity contribution in [3.63, 3.8) is 0 Å². The molecule has 0 spiro atoms. The van der Waals surface area contributed by atoms with Crippen LogP contribution in [0.5, 0.6) is 11.5 Å². The number of aryl methyl sites for hydroxylation is 1. The van der Waals surface area contributed by atoms with Crippen molar-refractivity contribution in [3.8, 4) is 33.8 Å². The molecule has 0 aliphatic carbocycles. The Morgan fingerprint density at radius 2 is 1.27 bits per heavy atom. The first kappa shape index (κ1) is 26.3. The number of halogens is 3. The molecule has 37 heavy (non-hydrogen) atoms. The molecule has 0 saturated heterocycles. The lowest BCUT2D eigenvalue weighted by Gasteiger charge is -2.11. The molecule has 0 aromatic heterocycles. The highest BCUT2D eigenvalue weighted by Gasteiger charge is 2.16. The van der Waals surface area contributed by atoms with Crippen molar-refractivity contribution in [1.29, 1.82) is 0 Å². The maximum Gasteiger partial charge on any atom is 0.168 e. The fourth-order valence-corrected chi connectivity index (χ4v) is 4.08. The van der Waals surface area contributed by atoms with Crippen molar-refractivity contribution < 1.29 is 22.6 Å². The fourth-order valence-electron chi connectivity index (χ4n) is 4.08. The first-order valence-corrected chi connectivity index (χ1v) is 12.7. The number of unbranched alkanes of at least 4 members (excludes halogenated alkanes) is 3. The number of hydrogen-bond acceptors (Lipinski definition) is 2. The quantitative estimate of drug-likeness (QED) is 0.190. The van der Waals surface area contributed by atoms with Gasteiger partial charge in [-0.1, -0.05) is 92.4 Å². The van der Waals surface area contributed by atoms with Gasteiger partial charge in [0, 0.05) is 17.2 Å². The van der Waals surface area contributed by atoms with Crippen LogP contribution in [0, 0.1) is 24.4 Å². The first-order chi connectivity index (χ1) is 18.0. The molecule has 0 fully saturated rings. The SMILES string of the molecule is CCCCCCOc1ccc(OCc2ccc(-c3ccc(-c4ccc(C)cc4)c(F)c3F)cc2)cc1F. The summed E-state index contributed by atoms with van der Waals surface area (Å²) < 4.78 is 55.4. The van der Waals surface area contributed by atoms with Crippen LogP contribution in [0.25, 0.3) is 22.3 Å². The normalized spacial score (nSPS) is 10.9. The summed E-state index contributed by atoms with van der Waals surface area (Å²) in [5.74, 6) is -1.61. The highest BCUT2D eigenvalue weighted by Crippen LogP contribution is 2.32. The van der Waals surface area contributed by atoms with Crippen molar-refractivity contribution in [2.45, 2.75) is 46.1 Å². The Hall–Kier alpha value is -3.73. The lowest BCUT2D eigenvalue weighted by atomic mass is 9.98. The minimum absolute atomic E-state index is 0.188. The maximum atomic E-state index is 14.9. The van der Waals surface area contributed by atoms with E-state index < -0.39 is 17.5 Å². The van der Waals surface area contributed by atoms with Gasteiger partial charge in [-0.05, 0) is 42.2 Å². The van der Waals surface area contributed by atoms with Crippen LogP contribution >= 0.6 is 0 Å². The summed E-state index contributed by atoms with van der Waals surface area (Å²) in [6.45, 7) is 4.78. The van der Waals surface area contributed by atoms with Gasteiger partial charge in [0.2, 0.25) is 0 Å². The predicted molar refractivity (Wildman–Crippen MR) is 142 cm³/mol. The zero-order valence-corrected chi connectivity index (χ0v) is 21.2. The third kappa shape index (κ3) is 6.73. The monoisotopic (exact) mass is 504 g/mol. The highest BCUT2D eigenvalue weighted by atomic mass is 19.2. The fraction of sp³-hybridized carbons (Fsp3) is 0.250. The summed E-state index contributed by atoms with van der Waals surface area (Å²) >= 11 is 0. The Kier molecular flexibility index (Phi) is 8.89. The van der Waals surface area contributed by atoms with Gasteiger partial charge in [0.15, 0.2) is 23.2 Å². The first-order valence-electron chi connectivity index (χ1n) is 12.7. The van der Waals surface area contributed by atoms with Gasteiger partial charge < -0.3 is 9.47 Å². The molecule has 4 rings (SSSR count). The van der Waals surface area contributed by atoms with Crippen LogP contribution in [-0.4, -0.2) is 6.61 Å². The zero-order chi connectivity index (χ0) is 26.2. The van der Waals surface area contributed by atoms with Crippen molar-refractivity contribution in [2.24, 2.45) is 0 Å².